The van der Waals surface area contributed by atoms with Gasteiger partial charge in [-0.1, -0.05) is 0 Å². The van der Waals surface area contributed by atoms with Crippen LogP contribution in [0.2, 0.25) is 0 Å². The van der Waals surface area contributed by atoms with E-state index < -0.39 is 0 Å². The third-order valence-corrected chi connectivity index (χ3v) is 4.53. The highest BCUT2D eigenvalue weighted by atomic mass is 16.5. The lowest BCUT2D eigenvalue weighted by Gasteiger charge is -2.30. The van der Waals surface area contributed by atoms with Gasteiger partial charge in [-0.3, -0.25) is 9.59 Å². The molecule has 0 aliphatic carbocycles. The molecular weight excluding hydrogens is 280 g/mol. The number of ether oxygens (including phenoxy) is 1. The molecule has 0 radical (unpaired) electrons. The summed E-state index contributed by atoms with van der Waals surface area (Å²) in [7, 11) is 1.64. The van der Waals surface area contributed by atoms with E-state index >= 15 is 0 Å². The second kappa shape index (κ2) is 6.81. The summed E-state index contributed by atoms with van der Waals surface area (Å²) in [4.78, 5) is 25.5. The first-order valence-electron chi connectivity index (χ1n) is 7.64. The maximum atomic E-state index is 12.4. The summed E-state index contributed by atoms with van der Waals surface area (Å²) in [6.07, 6.45) is 1.44. The van der Waals surface area contributed by atoms with E-state index in [0.29, 0.717) is 13.1 Å². The SMILES string of the molecule is COc1ccc(NC(=O)C2CCN(C(C)=O)CC2)c(C)c1C. The van der Waals surface area contributed by atoms with Crippen molar-refractivity contribution < 1.29 is 14.3 Å². The molecule has 1 fully saturated rings. The molecule has 0 aromatic heterocycles. The second-order valence-corrected chi connectivity index (χ2v) is 5.83. The first-order valence-corrected chi connectivity index (χ1v) is 7.64. The van der Waals surface area contributed by atoms with Gasteiger partial charge in [0.1, 0.15) is 5.75 Å². The summed E-state index contributed by atoms with van der Waals surface area (Å²) in [5.41, 5.74) is 2.89. The van der Waals surface area contributed by atoms with E-state index in [1.165, 1.54) is 0 Å². The minimum absolute atomic E-state index is 0.0302. The molecule has 5 nitrogen and oxygen atoms in total. The quantitative estimate of drug-likeness (QED) is 0.933. The number of hydrogen-bond acceptors (Lipinski definition) is 3. The molecular formula is C17H24N2O3. The third kappa shape index (κ3) is 3.40. The van der Waals surface area contributed by atoms with Gasteiger partial charge < -0.3 is 15.0 Å². The van der Waals surface area contributed by atoms with Gasteiger partial charge in [-0.25, -0.2) is 0 Å². The molecule has 1 aromatic rings. The van der Waals surface area contributed by atoms with Gasteiger partial charge >= 0.3 is 0 Å². The highest BCUT2D eigenvalue weighted by molar-refractivity contribution is 5.93. The molecule has 1 aromatic carbocycles. The molecule has 120 valence electrons. The maximum Gasteiger partial charge on any atom is 0.227 e. The Balaban J connectivity index is 2.01. The van der Waals surface area contributed by atoms with Crippen LogP contribution in [-0.4, -0.2) is 36.9 Å². The van der Waals surface area contributed by atoms with E-state index in [0.717, 1.165) is 35.4 Å². The van der Waals surface area contributed by atoms with Crippen LogP contribution in [0.5, 0.6) is 5.75 Å². The largest absolute Gasteiger partial charge is 0.496 e. The smallest absolute Gasteiger partial charge is 0.227 e. The molecule has 0 bridgehead atoms. The number of carbonyl (C=O) groups excluding carboxylic acids is 2. The Kier molecular flexibility index (Phi) is 5.06. The summed E-state index contributed by atoms with van der Waals surface area (Å²) >= 11 is 0. The zero-order valence-electron chi connectivity index (χ0n) is 13.7. The van der Waals surface area contributed by atoms with Crippen LogP contribution in [0.4, 0.5) is 5.69 Å². The number of likely N-dealkylation sites (tertiary alicyclic amines) is 1. The van der Waals surface area contributed by atoms with Crippen molar-refractivity contribution in [1.82, 2.24) is 4.90 Å². The molecule has 1 heterocycles. The van der Waals surface area contributed by atoms with Gasteiger partial charge in [0, 0.05) is 31.6 Å². The Morgan fingerprint density at radius 3 is 2.36 bits per heavy atom. The van der Waals surface area contributed by atoms with Crippen molar-refractivity contribution >= 4 is 17.5 Å². The summed E-state index contributed by atoms with van der Waals surface area (Å²) < 4.78 is 5.29. The molecule has 1 saturated heterocycles. The molecule has 1 N–H and O–H groups in total. The molecule has 1 aliphatic heterocycles. The molecule has 2 rings (SSSR count). The number of methoxy groups -OCH3 is 1. The molecule has 5 heteroatoms. The molecule has 22 heavy (non-hydrogen) atoms. The second-order valence-electron chi connectivity index (χ2n) is 5.83. The van der Waals surface area contributed by atoms with Crippen LogP contribution in [0.15, 0.2) is 12.1 Å². The zero-order chi connectivity index (χ0) is 16.3. The number of amides is 2. The highest BCUT2D eigenvalue weighted by Gasteiger charge is 2.26. The Labute approximate surface area is 131 Å². The topological polar surface area (TPSA) is 58.6 Å². The number of rotatable bonds is 3. The monoisotopic (exact) mass is 304 g/mol. The standard InChI is InChI=1S/C17H24N2O3/c1-11-12(2)16(22-4)6-5-15(11)18-17(21)14-7-9-19(10-8-14)13(3)20/h5-6,14H,7-10H2,1-4H3,(H,18,21). The van der Waals surface area contributed by atoms with Crippen LogP contribution in [0.1, 0.15) is 30.9 Å². The Morgan fingerprint density at radius 2 is 1.82 bits per heavy atom. The first-order chi connectivity index (χ1) is 10.4. The first kappa shape index (κ1) is 16.3. The van der Waals surface area contributed by atoms with E-state index in [4.69, 9.17) is 4.74 Å². The molecule has 0 spiro atoms. The van der Waals surface area contributed by atoms with E-state index in [1.54, 1.807) is 18.9 Å². The summed E-state index contributed by atoms with van der Waals surface area (Å²) in [5, 5.41) is 3.02. The molecule has 0 unspecified atom stereocenters. The lowest BCUT2D eigenvalue weighted by Crippen LogP contribution is -2.40. The number of nitrogens with one attached hydrogen (secondary N) is 1. The van der Waals surface area contributed by atoms with Crippen molar-refractivity contribution in [2.75, 3.05) is 25.5 Å². The Bertz CT molecular complexity index is 576. The van der Waals surface area contributed by atoms with E-state index in [9.17, 15) is 9.59 Å². The number of carbonyl (C=O) groups is 2. The van der Waals surface area contributed by atoms with Gasteiger partial charge in [0.05, 0.1) is 7.11 Å². The predicted octanol–water partition coefficient (Wildman–Crippen LogP) is 2.51. The summed E-state index contributed by atoms with van der Waals surface area (Å²) in [6.45, 7) is 6.85. The molecule has 0 atom stereocenters. The average molecular weight is 304 g/mol. The van der Waals surface area contributed by atoms with Gasteiger partial charge in [-0.15, -0.1) is 0 Å². The van der Waals surface area contributed by atoms with Crippen LogP contribution >= 0.6 is 0 Å². The Morgan fingerprint density at radius 1 is 1.18 bits per heavy atom. The van der Waals surface area contributed by atoms with Gasteiger partial charge in [-0.05, 0) is 49.9 Å². The van der Waals surface area contributed by atoms with Gasteiger partial charge in [0.25, 0.3) is 0 Å². The minimum Gasteiger partial charge on any atom is -0.496 e. The fraction of sp³-hybridized carbons (Fsp3) is 0.529. The van der Waals surface area contributed by atoms with Crippen LogP contribution in [-0.2, 0) is 9.59 Å². The van der Waals surface area contributed by atoms with Crippen LogP contribution in [0.3, 0.4) is 0 Å². The van der Waals surface area contributed by atoms with Crippen molar-refractivity contribution in [3.05, 3.63) is 23.3 Å². The number of benzene rings is 1. The summed E-state index contributed by atoms with van der Waals surface area (Å²) in [5.74, 6) is 0.916. The van der Waals surface area contributed by atoms with Crippen molar-refractivity contribution in [3.63, 3.8) is 0 Å². The number of nitrogens with zero attached hydrogens (tertiary/aromatic N) is 1. The lowest BCUT2D eigenvalue weighted by atomic mass is 9.95. The van der Waals surface area contributed by atoms with E-state index in [-0.39, 0.29) is 17.7 Å². The lowest BCUT2D eigenvalue weighted by molar-refractivity contribution is -0.132. The normalized spacial score (nSPS) is 15.5. The van der Waals surface area contributed by atoms with Gasteiger partial charge in [0.2, 0.25) is 11.8 Å². The maximum absolute atomic E-state index is 12.4. The number of anilines is 1. The van der Waals surface area contributed by atoms with Crippen molar-refractivity contribution in [2.24, 2.45) is 5.92 Å². The Hall–Kier alpha value is -2.04. The molecule has 2 amide bonds. The van der Waals surface area contributed by atoms with Gasteiger partial charge in [0.15, 0.2) is 0 Å². The zero-order valence-corrected chi connectivity index (χ0v) is 13.7. The molecule has 0 saturated carbocycles. The van der Waals surface area contributed by atoms with Crippen LogP contribution in [0.25, 0.3) is 0 Å². The third-order valence-electron chi connectivity index (χ3n) is 4.53. The summed E-state index contributed by atoms with van der Waals surface area (Å²) in [6, 6.07) is 3.75. The van der Waals surface area contributed by atoms with E-state index in [2.05, 4.69) is 5.32 Å². The van der Waals surface area contributed by atoms with Crippen LogP contribution < -0.4 is 10.1 Å². The minimum atomic E-state index is -0.0302. The van der Waals surface area contributed by atoms with Crippen molar-refractivity contribution in [3.8, 4) is 5.75 Å². The van der Waals surface area contributed by atoms with Crippen molar-refractivity contribution in [1.29, 1.82) is 0 Å². The average Bonchev–Trinajstić information content (AvgIpc) is 2.52. The van der Waals surface area contributed by atoms with Crippen molar-refractivity contribution in [2.45, 2.75) is 33.6 Å². The fourth-order valence-corrected chi connectivity index (χ4v) is 2.84. The van der Waals surface area contributed by atoms with E-state index in [1.807, 2.05) is 26.0 Å². The van der Waals surface area contributed by atoms with Gasteiger partial charge in [-0.2, -0.15) is 0 Å². The number of piperidine rings is 1. The highest BCUT2D eigenvalue weighted by Crippen LogP contribution is 2.28. The fourth-order valence-electron chi connectivity index (χ4n) is 2.84. The number of hydrogen-bond donors (Lipinski definition) is 1. The predicted molar refractivity (Wildman–Crippen MR) is 86.1 cm³/mol. The molecule has 1 aliphatic rings. The van der Waals surface area contributed by atoms with Crippen LogP contribution in [0, 0.1) is 19.8 Å².